The molecule has 30 heavy (non-hydrogen) atoms. The van der Waals surface area contributed by atoms with E-state index in [2.05, 4.69) is 25.1 Å². The molecular formula is C22H22N6OS. The van der Waals surface area contributed by atoms with Crippen molar-refractivity contribution in [3.8, 4) is 16.3 Å². The summed E-state index contributed by atoms with van der Waals surface area (Å²) in [5, 5.41) is 12.0. The number of benzene rings is 1. The van der Waals surface area contributed by atoms with Gasteiger partial charge in [-0.1, -0.05) is 23.5 Å². The second-order valence-electron chi connectivity index (χ2n) is 7.39. The molecule has 1 aliphatic heterocycles. The van der Waals surface area contributed by atoms with Gasteiger partial charge in [-0.25, -0.2) is 9.97 Å². The second kappa shape index (κ2) is 7.95. The summed E-state index contributed by atoms with van der Waals surface area (Å²) in [5.74, 6) is 3.03. The summed E-state index contributed by atoms with van der Waals surface area (Å²) in [4.78, 5) is 15.8. The Morgan fingerprint density at radius 1 is 1.07 bits per heavy atom. The van der Waals surface area contributed by atoms with Crippen LogP contribution in [0.5, 0.6) is 5.75 Å². The van der Waals surface area contributed by atoms with Crippen LogP contribution in [-0.2, 0) is 0 Å². The third kappa shape index (κ3) is 3.47. The van der Waals surface area contributed by atoms with Crippen LogP contribution in [0.3, 0.4) is 0 Å². The van der Waals surface area contributed by atoms with Crippen molar-refractivity contribution >= 4 is 28.1 Å². The van der Waals surface area contributed by atoms with Gasteiger partial charge in [0.15, 0.2) is 5.01 Å². The van der Waals surface area contributed by atoms with Gasteiger partial charge in [-0.3, -0.25) is 4.98 Å². The zero-order valence-corrected chi connectivity index (χ0v) is 17.8. The smallest absolute Gasteiger partial charge is 0.151 e. The molecule has 0 unspecified atom stereocenters. The van der Waals surface area contributed by atoms with E-state index >= 15 is 0 Å². The monoisotopic (exact) mass is 418 g/mol. The Bertz CT molecular complexity index is 1190. The molecular weight excluding hydrogens is 396 g/mol. The van der Waals surface area contributed by atoms with Gasteiger partial charge in [0.2, 0.25) is 0 Å². The highest BCUT2D eigenvalue weighted by molar-refractivity contribution is 7.14. The number of aromatic nitrogens is 5. The summed E-state index contributed by atoms with van der Waals surface area (Å²) in [6, 6.07) is 9.96. The minimum atomic E-state index is 0.415. The van der Waals surface area contributed by atoms with Gasteiger partial charge in [0.1, 0.15) is 22.4 Å². The lowest BCUT2D eigenvalue weighted by Crippen LogP contribution is -2.33. The lowest BCUT2D eigenvalue weighted by Gasteiger charge is -2.32. The quantitative estimate of drug-likeness (QED) is 0.490. The van der Waals surface area contributed by atoms with Gasteiger partial charge in [-0.05, 0) is 38.0 Å². The van der Waals surface area contributed by atoms with E-state index < -0.39 is 0 Å². The van der Waals surface area contributed by atoms with Crippen molar-refractivity contribution in [1.82, 2.24) is 25.1 Å². The van der Waals surface area contributed by atoms with Crippen molar-refractivity contribution in [2.24, 2.45) is 0 Å². The molecule has 5 rings (SSSR count). The maximum Gasteiger partial charge on any atom is 0.151 e. The molecule has 0 aliphatic carbocycles. The molecule has 0 spiro atoms. The average Bonchev–Trinajstić information content (AvgIpc) is 3.29. The maximum absolute atomic E-state index is 5.48. The van der Waals surface area contributed by atoms with Crippen LogP contribution in [-0.4, -0.2) is 45.3 Å². The van der Waals surface area contributed by atoms with Crippen LogP contribution in [0.25, 0.3) is 21.5 Å². The van der Waals surface area contributed by atoms with Crippen LogP contribution in [0.15, 0.2) is 42.7 Å². The van der Waals surface area contributed by atoms with Crippen LogP contribution >= 0.6 is 11.3 Å². The third-order valence-corrected chi connectivity index (χ3v) is 6.63. The first kappa shape index (κ1) is 18.9. The number of aryl methyl sites for hydroxylation is 1. The van der Waals surface area contributed by atoms with E-state index in [-0.39, 0.29) is 0 Å². The van der Waals surface area contributed by atoms with Crippen LogP contribution in [0, 0.1) is 6.92 Å². The molecule has 4 aromatic rings. The minimum Gasteiger partial charge on any atom is -0.496 e. The molecule has 4 heterocycles. The Morgan fingerprint density at radius 3 is 2.73 bits per heavy atom. The van der Waals surface area contributed by atoms with E-state index in [9.17, 15) is 0 Å². The van der Waals surface area contributed by atoms with Gasteiger partial charge in [0.05, 0.1) is 24.4 Å². The molecule has 152 valence electrons. The van der Waals surface area contributed by atoms with Crippen molar-refractivity contribution in [3.05, 3.63) is 53.6 Å². The summed E-state index contributed by atoms with van der Waals surface area (Å²) in [6.07, 6.45) is 5.66. The fraction of sp³-hybridized carbons (Fsp3) is 0.318. The molecule has 1 saturated heterocycles. The van der Waals surface area contributed by atoms with E-state index in [1.54, 1.807) is 30.8 Å². The maximum atomic E-state index is 5.48. The van der Waals surface area contributed by atoms with Gasteiger partial charge >= 0.3 is 0 Å². The number of anilines is 1. The third-order valence-electron chi connectivity index (χ3n) is 5.51. The van der Waals surface area contributed by atoms with Crippen molar-refractivity contribution in [1.29, 1.82) is 0 Å². The Balaban J connectivity index is 1.34. The zero-order chi connectivity index (χ0) is 20.5. The van der Waals surface area contributed by atoms with E-state index in [0.717, 1.165) is 69.8 Å². The van der Waals surface area contributed by atoms with Crippen molar-refractivity contribution in [3.63, 3.8) is 0 Å². The topological polar surface area (TPSA) is 76.9 Å². The van der Waals surface area contributed by atoms with Crippen molar-refractivity contribution in [2.75, 3.05) is 25.1 Å². The number of piperidine rings is 1. The molecule has 0 atom stereocenters. The van der Waals surface area contributed by atoms with Gasteiger partial charge < -0.3 is 9.64 Å². The number of nitrogens with zero attached hydrogens (tertiary/aromatic N) is 6. The average molecular weight is 419 g/mol. The van der Waals surface area contributed by atoms with Crippen molar-refractivity contribution in [2.45, 2.75) is 25.7 Å². The molecule has 0 amide bonds. The molecule has 0 bridgehead atoms. The Morgan fingerprint density at radius 2 is 1.90 bits per heavy atom. The number of fused-ring (bicyclic) bond motifs is 1. The first-order valence-electron chi connectivity index (χ1n) is 10.0. The molecule has 1 aromatic carbocycles. The molecule has 0 saturated carbocycles. The normalized spacial score (nSPS) is 14.9. The number of hydrogen-bond acceptors (Lipinski definition) is 8. The molecule has 0 N–H and O–H groups in total. The first-order valence-corrected chi connectivity index (χ1v) is 10.8. The van der Waals surface area contributed by atoms with Crippen LogP contribution in [0.4, 0.5) is 5.82 Å². The van der Waals surface area contributed by atoms with Crippen LogP contribution in [0.1, 0.15) is 29.6 Å². The molecule has 1 fully saturated rings. The molecule has 3 aromatic heterocycles. The van der Waals surface area contributed by atoms with Crippen LogP contribution in [0.2, 0.25) is 0 Å². The Kier molecular flexibility index (Phi) is 5.00. The van der Waals surface area contributed by atoms with Crippen molar-refractivity contribution < 1.29 is 4.74 Å². The second-order valence-corrected chi connectivity index (χ2v) is 8.40. The van der Waals surface area contributed by atoms with Gasteiger partial charge in [0, 0.05) is 30.6 Å². The number of hydrogen-bond donors (Lipinski definition) is 0. The summed E-state index contributed by atoms with van der Waals surface area (Å²) >= 11 is 1.67. The number of pyridine rings is 1. The molecule has 7 nitrogen and oxygen atoms in total. The van der Waals surface area contributed by atoms with E-state index in [0.29, 0.717) is 5.92 Å². The summed E-state index contributed by atoms with van der Waals surface area (Å²) in [6.45, 7) is 3.80. The van der Waals surface area contributed by atoms with Crippen LogP contribution < -0.4 is 9.64 Å². The highest BCUT2D eigenvalue weighted by atomic mass is 32.1. The lowest BCUT2D eigenvalue weighted by atomic mass is 9.97. The van der Waals surface area contributed by atoms with E-state index in [1.807, 2.05) is 37.3 Å². The zero-order valence-electron chi connectivity index (χ0n) is 16.9. The lowest BCUT2D eigenvalue weighted by molar-refractivity contribution is 0.416. The summed E-state index contributed by atoms with van der Waals surface area (Å²) in [5.41, 5.74) is 1.89. The predicted octanol–water partition coefficient (Wildman–Crippen LogP) is 4.24. The predicted molar refractivity (Wildman–Crippen MR) is 118 cm³/mol. The SMILES string of the molecule is COc1ccccc1-c1nnc(C2CCN(c3nc(C)nc4cnccc34)CC2)s1. The first-order chi connectivity index (χ1) is 14.7. The number of ether oxygens (including phenoxy) is 1. The van der Waals surface area contributed by atoms with E-state index in [4.69, 9.17) is 9.72 Å². The number of para-hydroxylation sites is 1. The standard InChI is InChI=1S/C22H22N6OS/c1-14-24-18-13-23-10-7-16(18)20(25-14)28-11-8-15(9-12-28)21-26-27-22(30-21)17-5-3-4-6-19(17)29-2/h3-7,10,13,15H,8-9,11-12H2,1-2H3. The minimum absolute atomic E-state index is 0.415. The Labute approximate surface area is 178 Å². The largest absolute Gasteiger partial charge is 0.496 e. The van der Waals surface area contributed by atoms with E-state index in [1.165, 1.54) is 0 Å². The van der Waals surface area contributed by atoms with Gasteiger partial charge in [0.25, 0.3) is 0 Å². The highest BCUT2D eigenvalue weighted by Gasteiger charge is 2.26. The fourth-order valence-corrected chi connectivity index (χ4v) is 5.03. The highest BCUT2D eigenvalue weighted by Crippen LogP contribution is 2.37. The fourth-order valence-electron chi connectivity index (χ4n) is 3.99. The molecule has 1 aliphatic rings. The van der Waals surface area contributed by atoms with Gasteiger partial charge in [-0.15, -0.1) is 10.2 Å². The summed E-state index contributed by atoms with van der Waals surface area (Å²) in [7, 11) is 1.69. The Hall–Kier alpha value is -3.13. The van der Waals surface area contributed by atoms with Gasteiger partial charge in [-0.2, -0.15) is 0 Å². The summed E-state index contributed by atoms with van der Waals surface area (Å²) < 4.78 is 5.48. The number of methoxy groups -OCH3 is 1. The molecule has 8 heteroatoms. The molecule has 0 radical (unpaired) electrons. The number of rotatable bonds is 4.